The highest BCUT2D eigenvalue weighted by Gasteiger charge is 2.44. The summed E-state index contributed by atoms with van der Waals surface area (Å²) >= 11 is 0. The summed E-state index contributed by atoms with van der Waals surface area (Å²) in [5, 5.41) is 1.48. The lowest BCUT2D eigenvalue weighted by Crippen LogP contribution is -2.61. The number of hydrogen-bond donors (Lipinski definition) is 0. The first-order chi connectivity index (χ1) is 37.0. The second-order valence-corrected chi connectivity index (χ2v) is 19.5. The molecule has 0 saturated heterocycles. The van der Waals surface area contributed by atoms with E-state index in [-0.39, 0.29) is 40.7 Å². The maximum Gasteiger partial charge on any atom is 0.416 e. The van der Waals surface area contributed by atoms with Crippen LogP contribution in [-0.2, 0) is 18.5 Å². The van der Waals surface area contributed by atoms with Gasteiger partial charge in [-0.2, -0.15) is 39.5 Å². The lowest BCUT2D eigenvalue weighted by molar-refractivity contribution is -0.143. The Labute approximate surface area is 436 Å². The van der Waals surface area contributed by atoms with Gasteiger partial charge in [-0.15, -0.1) is 0 Å². The molecular weight excluding hydrogens is 993 g/mol. The molecule has 0 atom stereocenters. The van der Waals surface area contributed by atoms with Gasteiger partial charge in [0.25, 0.3) is 6.71 Å². The monoisotopic (exact) mass is 1030 g/mol. The number of rotatable bonds is 6. The van der Waals surface area contributed by atoms with Crippen molar-refractivity contribution < 1.29 is 39.5 Å². The Morgan fingerprint density at radius 1 is 0.338 bits per heavy atom. The third-order valence-electron chi connectivity index (χ3n) is 14.8. The maximum atomic E-state index is 14.6. The van der Waals surface area contributed by atoms with E-state index in [9.17, 15) is 39.5 Å². The van der Waals surface area contributed by atoms with Crippen molar-refractivity contribution in [3.63, 3.8) is 0 Å². The summed E-state index contributed by atoms with van der Waals surface area (Å²) in [4.78, 5) is 4.61. The Morgan fingerprint density at radius 2 is 0.805 bits per heavy atom. The van der Waals surface area contributed by atoms with Crippen molar-refractivity contribution in [2.75, 3.05) is 9.80 Å². The molecule has 11 aromatic rings. The van der Waals surface area contributed by atoms with Crippen molar-refractivity contribution in [1.29, 1.82) is 0 Å². The summed E-state index contributed by atoms with van der Waals surface area (Å²) in [6.45, 7) is 1.36. The van der Waals surface area contributed by atoms with E-state index in [4.69, 9.17) is 0 Å². The minimum Gasteiger partial charge on any atom is -0.311 e. The molecule has 77 heavy (non-hydrogen) atoms. The third kappa shape index (κ3) is 8.02. The Bertz CT molecular complexity index is 4020. The van der Waals surface area contributed by atoms with Crippen LogP contribution in [0.15, 0.2) is 218 Å². The summed E-state index contributed by atoms with van der Waals surface area (Å²) in [5.41, 5.74) is 8.49. The fourth-order valence-electron chi connectivity index (χ4n) is 11.6. The highest BCUT2D eigenvalue weighted by atomic mass is 19.4. The second-order valence-electron chi connectivity index (χ2n) is 19.5. The van der Waals surface area contributed by atoms with Gasteiger partial charge in [-0.25, -0.2) is 0 Å². The van der Waals surface area contributed by atoms with E-state index in [2.05, 4.69) is 88.7 Å². The molecule has 0 radical (unpaired) electrons. The predicted molar refractivity (Wildman–Crippen MR) is 291 cm³/mol. The molecule has 0 spiro atoms. The quantitative estimate of drug-likeness (QED) is 0.121. The van der Waals surface area contributed by atoms with Gasteiger partial charge in [-0.3, -0.25) is 0 Å². The van der Waals surface area contributed by atoms with Gasteiger partial charge in [-0.1, -0.05) is 109 Å². The maximum absolute atomic E-state index is 14.6. The van der Waals surface area contributed by atoms with Crippen LogP contribution in [0.3, 0.4) is 0 Å². The minimum atomic E-state index is -5.17. The molecule has 3 nitrogen and oxygen atoms in total. The molecule has 0 unspecified atom stereocenters. The van der Waals surface area contributed by atoms with Gasteiger partial charge in [0.1, 0.15) is 0 Å². The van der Waals surface area contributed by atoms with Crippen LogP contribution in [0.4, 0.5) is 73.6 Å². The van der Waals surface area contributed by atoms with Crippen LogP contribution in [0.2, 0.25) is 0 Å². The SMILES string of the molecule is Cc1cc(-c2ccc(-n3c4ccccc4c4cc(-c5cc6c7c(c5)N(c5ccccc5)c5ccccc5B7c5ccccc5N6c5ccccc5)ccc43)c(-c3cc(C(F)(F)F)cc(C(F)(F)F)c3)c2)cc(C(F)(F)F)c1. The van der Waals surface area contributed by atoms with Gasteiger partial charge in [0.05, 0.1) is 33.4 Å². The predicted octanol–water partition coefficient (Wildman–Crippen LogP) is 17.2. The number of anilines is 6. The summed E-state index contributed by atoms with van der Waals surface area (Å²) in [6, 6.07) is 64.3. The van der Waals surface area contributed by atoms with Gasteiger partial charge in [-0.05, 0) is 166 Å². The van der Waals surface area contributed by atoms with Crippen LogP contribution < -0.4 is 26.2 Å². The zero-order valence-electron chi connectivity index (χ0n) is 40.6. The number of fused-ring (bicyclic) bond motifs is 7. The second kappa shape index (κ2) is 17.6. The number of aromatic nitrogens is 1. The first-order valence-corrected chi connectivity index (χ1v) is 24.7. The topological polar surface area (TPSA) is 11.4 Å². The number of hydrogen-bond acceptors (Lipinski definition) is 2. The molecule has 3 heterocycles. The van der Waals surface area contributed by atoms with E-state index in [0.717, 1.165) is 84.5 Å². The van der Waals surface area contributed by atoms with E-state index in [0.29, 0.717) is 23.2 Å². The van der Waals surface area contributed by atoms with Crippen molar-refractivity contribution in [3.05, 3.63) is 241 Å². The van der Waals surface area contributed by atoms with Gasteiger partial charge in [0.15, 0.2) is 0 Å². The minimum absolute atomic E-state index is 0.0631. The lowest BCUT2D eigenvalue weighted by Gasteiger charge is -2.44. The summed E-state index contributed by atoms with van der Waals surface area (Å²) in [6.07, 6.45) is -15.1. The molecule has 0 fully saturated rings. The number of alkyl halides is 9. The molecule has 0 N–H and O–H groups in total. The standard InChI is InChI=1S/C64H39BF9N3/c1-38-28-41(30-44(29-38)62(66,67)68)39-24-26-55(50(33-39)43-31-45(63(69,70)71)37-46(32-43)64(72,73)74)77-54-21-11-8-18-49(54)51-34-40(25-27-56(51)77)42-35-59-61-60(36-42)76(48-16-6-3-7-17-48)58-23-13-10-20-53(58)65(61)52-19-9-12-22-57(52)75(59)47-14-4-2-5-15-47/h2-37H,1H3. The zero-order chi connectivity index (χ0) is 53.1. The highest BCUT2D eigenvalue weighted by Crippen LogP contribution is 2.48. The molecular formula is C64H39BF9N3. The van der Waals surface area contributed by atoms with E-state index in [1.807, 2.05) is 78.9 Å². The molecule has 2 aliphatic rings. The van der Waals surface area contributed by atoms with Gasteiger partial charge < -0.3 is 14.4 Å². The van der Waals surface area contributed by atoms with Gasteiger partial charge in [0, 0.05) is 50.5 Å². The van der Waals surface area contributed by atoms with E-state index in [1.54, 1.807) is 22.8 Å². The molecule has 0 saturated carbocycles. The zero-order valence-corrected chi connectivity index (χ0v) is 40.6. The molecule has 0 bridgehead atoms. The number of halogens is 9. The molecule has 0 aliphatic carbocycles. The van der Waals surface area contributed by atoms with Crippen LogP contribution in [0.5, 0.6) is 0 Å². The smallest absolute Gasteiger partial charge is 0.311 e. The number of aryl methyl sites for hydroxylation is 1. The fourth-order valence-corrected chi connectivity index (χ4v) is 11.6. The average Bonchev–Trinajstić information content (AvgIpc) is 3.94. The average molecular weight is 1030 g/mol. The van der Waals surface area contributed by atoms with Gasteiger partial charge in [0.2, 0.25) is 0 Å². The van der Waals surface area contributed by atoms with E-state index < -0.39 is 40.8 Å². The normalized spacial score (nSPS) is 13.2. The Morgan fingerprint density at radius 3 is 1.39 bits per heavy atom. The van der Waals surface area contributed by atoms with Crippen LogP contribution >= 0.6 is 0 Å². The van der Waals surface area contributed by atoms with Crippen LogP contribution in [0.25, 0.3) is 60.9 Å². The van der Waals surface area contributed by atoms with Crippen LogP contribution in [0.1, 0.15) is 22.3 Å². The van der Waals surface area contributed by atoms with Gasteiger partial charge >= 0.3 is 18.5 Å². The molecule has 13 rings (SSSR count). The number of para-hydroxylation sites is 5. The van der Waals surface area contributed by atoms with Crippen molar-refractivity contribution in [3.8, 4) is 39.1 Å². The number of benzene rings is 10. The fraction of sp³-hybridized carbons (Fsp3) is 0.0625. The summed E-state index contributed by atoms with van der Waals surface area (Å²) in [5.74, 6) is 0. The van der Waals surface area contributed by atoms with Crippen molar-refractivity contribution >= 4 is 79.0 Å². The molecule has 0 amide bonds. The highest BCUT2D eigenvalue weighted by molar-refractivity contribution is 7.00. The molecule has 10 aromatic carbocycles. The van der Waals surface area contributed by atoms with Crippen LogP contribution in [0, 0.1) is 6.92 Å². The molecule has 376 valence electrons. The lowest BCUT2D eigenvalue weighted by atomic mass is 9.33. The Kier molecular flexibility index (Phi) is 10.9. The Hall–Kier alpha value is -8.97. The molecule has 13 heteroatoms. The first-order valence-electron chi connectivity index (χ1n) is 24.7. The van der Waals surface area contributed by atoms with Crippen molar-refractivity contribution in [2.24, 2.45) is 0 Å². The van der Waals surface area contributed by atoms with Crippen molar-refractivity contribution in [1.82, 2.24) is 4.57 Å². The summed E-state index contributed by atoms with van der Waals surface area (Å²) < 4.78 is 132. The third-order valence-corrected chi connectivity index (χ3v) is 14.8. The first kappa shape index (κ1) is 47.7. The van der Waals surface area contributed by atoms with E-state index in [1.165, 1.54) is 19.1 Å². The van der Waals surface area contributed by atoms with Crippen LogP contribution in [-0.4, -0.2) is 11.3 Å². The summed E-state index contributed by atoms with van der Waals surface area (Å²) in [7, 11) is 0. The van der Waals surface area contributed by atoms with Crippen molar-refractivity contribution in [2.45, 2.75) is 25.5 Å². The Balaban J connectivity index is 1.06. The largest absolute Gasteiger partial charge is 0.416 e. The molecule has 1 aromatic heterocycles. The number of nitrogens with zero attached hydrogens (tertiary/aromatic N) is 3. The molecule has 2 aliphatic heterocycles. The van der Waals surface area contributed by atoms with E-state index >= 15 is 0 Å².